The number of thiol groups is 1. The molecule has 3 nitrogen and oxygen atoms in total. The minimum Gasteiger partial charge on any atom is -0.282 e. The molecule has 0 atom stereocenters. The van der Waals surface area contributed by atoms with E-state index in [4.69, 9.17) is 0 Å². The molecule has 0 N–H and O–H groups in total. The van der Waals surface area contributed by atoms with Gasteiger partial charge < -0.3 is 0 Å². The molecule has 0 aliphatic heterocycles. The number of hydrogen-bond acceptors (Lipinski definition) is 3. The number of benzene rings is 2. The average Bonchev–Trinajstić information content (AvgIpc) is 2.90. The van der Waals surface area contributed by atoms with E-state index in [-0.39, 0.29) is 5.82 Å². The first-order valence-corrected chi connectivity index (χ1v) is 6.14. The smallest absolute Gasteiger partial charge is 0.168 e. The van der Waals surface area contributed by atoms with Gasteiger partial charge in [0.15, 0.2) is 5.82 Å². The van der Waals surface area contributed by atoms with E-state index in [2.05, 4.69) is 22.8 Å². The minimum absolute atomic E-state index is 0.266. The highest BCUT2D eigenvalue weighted by atomic mass is 32.1. The molecule has 0 spiro atoms. The molecule has 5 heteroatoms. The lowest BCUT2D eigenvalue weighted by Gasteiger charge is -2.06. The molecular weight excluding hydrogens is 261 g/mol. The van der Waals surface area contributed by atoms with Crippen molar-refractivity contribution in [3.8, 4) is 17.1 Å². The summed E-state index contributed by atoms with van der Waals surface area (Å²) in [5.41, 5.74) is 1.75. The first-order valence-electron chi connectivity index (χ1n) is 5.69. The zero-order valence-electron chi connectivity index (χ0n) is 9.86. The fourth-order valence-corrected chi connectivity index (χ4v) is 1.98. The molecule has 0 fully saturated rings. The van der Waals surface area contributed by atoms with Gasteiger partial charge >= 0.3 is 0 Å². The fraction of sp³-hybridized carbons (Fsp3) is 0. The first kappa shape index (κ1) is 11.9. The molecule has 2 aromatic carbocycles. The van der Waals surface area contributed by atoms with Crippen LogP contribution in [0.1, 0.15) is 0 Å². The number of halogens is 1. The molecule has 0 saturated heterocycles. The molecule has 0 aliphatic carbocycles. The van der Waals surface area contributed by atoms with E-state index in [1.807, 2.05) is 28.8 Å². The maximum absolute atomic E-state index is 12.9. The van der Waals surface area contributed by atoms with E-state index in [0.717, 1.165) is 16.1 Å². The molecule has 1 aromatic heterocycles. The van der Waals surface area contributed by atoms with Crippen LogP contribution in [0.15, 0.2) is 59.8 Å². The fourth-order valence-electron chi connectivity index (χ4n) is 1.83. The van der Waals surface area contributed by atoms with Gasteiger partial charge in [0, 0.05) is 16.1 Å². The zero-order valence-corrected chi connectivity index (χ0v) is 10.8. The van der Waals surface area contributed by atoms with Gasteiger partial charge in [-0.05, 0) is 36.4 Å². The van der Waals surface area contributed by atoms with Gasteiger partial charge in [-0.1, -0.05) is 12.1 Å². The van der Waals surface area contributed by atoms with Gasteiger partial charge in [0.05, 0.1) is 0 Å². The molecule has 1 heterocycles. The van der Waals surface area contributed by atoms with Crippen LogP contribution >= 0.6 is 12.6 Å². The third-order valence-electron chi connectivity index (χ3n) is 2.78. The molecule has 3 rings (SSSR count). The van der Waals surface area contributed by atoms with Crippen molar-refractivity contribution in [2.75, 3.05) is 0 Å². The van der Waals surface area contributed by atoms with Crippen LogP contribution in [0, 0.1) is 5.82 Å². The number of aromatic nitrogens is 3. The lowest BCUT2D eigenvalue weighted by molar-refractivity contribution is 0.627. The van der Waals surface area contributed by atoms with Crippen LogP contribution in [0.25, 0.3) is 17.1 Å². The first-order chi connectivity index (χ1) is 9.24. The third-order valence-corrected chi connectivity index (χ3v) is 3.08. The average molecular weight is 271 g/mol. The molecule has 0 amide bonds. The molecule has 0 radical (unpaired) electrons. The van der Waals surface area contributed by atoms with Gasteiger partial charge in [0.1, 0.15) is 12.1 Å². The Balaban J connectivity index is 2.07. The molecular formula is C14H10FN3S. The lowest BCUT2D eigenvalue weighted by atomic mass is 10.2. The van der Waals surface area contributed by atoms with Crippen LogP contribution in [-0.2, 0) is 0 Å². The van der Waals surface area contributed by atoms with Gasteiger partial charge in [-0.25, -0.2) is 4.39 Å². The normalized spacial score (nSPS) is 10.6. The van der Waals surface area contributed by atoms with Crippen molar-refractivity contribution in [3.63, 3.8) is 0 Å². The maximum atomic E-state index is 12.9. The zero-order chi connectivity index (χ0) is 13.2. The Hall–Kier alpha value is -2.14. The number of nitrogens with zero attached hydrogens (tertiary/aromatic N) is 3. The van der Waals surface area contributed by atoms with Crippen LogP contribution in [-0.4, -0.2) is 14.8 Å². The molecule has 3 aromatic rings. The Labute approximate surface area is 115 Å². The second-order valence-electron chi connectivity index (χ2n) is 4.05. The van der Waals surface area contributed by atoms with Crippen molar-refractivity contribution >= 4 is 12.6 Å². The van der Waals surface area contributed by atoms with Gasteiger partial charge in [0.25, 0.3) is 0 Å². The minimum atomic E-state index is -0.266. The van der Waals surface area contributed by atoms with E-state index in [9.17, 15) is 4.39 Å². The van der Waals surface area contributed by atoms with Crippen LogP contribution < -0.4 is 0 Å². The highest BCUT2D eigenvalue weighted by Crippen LogP contribution is 2.21. The van der Waals surface area contributed by atoms with Gasteiger partial charge in [-0.2, -0.15) is 0 Å². The summed E-state index contributed by atoms with van der Waals surface area (Å²) < 4.78 is 14.8. The molecule has 0 unspecified atom stereocenters. The Kier molecular flexibility index (Phi) is 3.05. The van der Waals surface area contributed by atoms with Crippen LogP contribution in [0.3, 0.4) is 0 Å². The largest absolute Gasteiger partial charge is 0.282 e. The second-order valence-corrected chi connectivity index (χ2v) is 4.56. The van der Waals surface area contributed by atoms with E-state index < -0.39 is 0 Å². The van der Waals surface area contributed by atoms with Gasteiger partial charge in [-0.3, -0.25) is 4.57 Å². The van der Waals surface area contributed by atoms with Crippen molar-refractivity contribution in [1.29, 1.82) is 0 Å². The highest BCUT2D eigenvalue weighted by molar-refractivity contribution is 7.80. The number of rotatable bonds is 2. The summed E-state index contributed by atoms with van der Waals surface area (Å²) in [5, 5.41) is 8.03. The Morgan fingerprint density at radius 1 is 0.947 bits per heavy atom. The van der Waals surface area contributed by atoms with Crippen molar-refractivity contribution in [1.82, 2.24) is 14.8 Å². The Morgan fingerprint density at radius 3 is 2.32 bits per heavy atom. The van der Waals surface area contributed by atoms with Crippen LogP contribution in [0.4, 0.5) is 4.39 Å². The van der Waals surface area contributed by atoms with Crippen LogP contribution in [0.2, 0.25) is 0 Å². The third kappa shape index (κ3) is 2.37. The summed E-state index contributed by atoms with van der Waals surface area (Å²) in [4.78, 5) is 0.886. The SMILES string of the molecule is Fc1ccc(-n2cnnc2-c2ccc(S)cc2)cc1. The van der Waals surface area contributed by atoms with Crippen molar-refractivity contribution in [2.45, 2.75) is 4.90 Å². The lowest BCUT2D eigenvalue weighted by Crippen LogP contribution is -1.96. The summed E-state index contributed by atoms with van der Waals surface area (Å²) in [6, 6.07) is 13.8. The summed E-state index contributed by atoms with van der Waals surface area (Å²) in [6.07, 6.45) is 1.61. The summed E-state index contributed by atoms with van der Waals surface area (Å²) in [6.45, 7) is 0. The molecule has 0 aliphatic rings. The maximum Gasteiger partial charge on any atom is 0.168 e. The van der Waals surface area contributed by atoms with Crippen LogP contribution in [0.5, 0.6) is 0 Å². The Bertz CT molecular complexity index is 629. The molecule has 19 heavy (non-hydrogen) atoms. The predicted molar refractivity (Wildman–Crippen MR) is 74.0 cm³/mol. The quantitative estimate of drug-likeness (QED) is 0.724. The van der Waals surface area contributed by atoms with E-state index >= 15 is 0 Å². The van der Waals surface area contributed by atoms with E-state index in [0.29, 0.717) is 5.82 Å². The van der Waals surface area contributed by atoms with Crippen molar-refractivity contribution in [2.24, 2.45) is 0 Å². The van der Waals surface area contributed by atoms with Crippen molar-refractivity contribution in [3.05, 3.63) is 60.7 Å². The summed E-state index contributed by atoms with van der Waals surface area (Å²) in [7, 11) is 0. The second kappa shape index (κ2) is 4.85. The number of hydrogen-bond donors (Lipinski definition) is 1. The molecule has 0 saturated carbocycles. The predicted octanol–water partition coefficient (Wildman–Crippen LogP) is 3.36. The molecule has 0 bridgehead atoms. The topological polar surface area (TPSA) is 30.7 Å². The Morgan fingerprint density at radius 2 is 1.63 bits per heavy atom. The summed E-state index contributed by atoms with van der Waals surface area (Å²) in [5.74, 6) is 0.442. The standard InChI is InChI=1S/C14H10FN3S/c15-11-3-5-12(6-4-11)18-9-16-17-14(18)10-1-7-13(19)8-2-10/h1-9,19H. The summed E-state index contributed by atoms with van der Waals surface area (Å²) >= 11 is 4.25. The van der Waals surface area contributed by atoms with Gasteiger partial charge in [0.2, 0.25) is 0 Å². The van der Waals surface area contributed by atoms with E-state index in [1.165, 1.54) is 12.1 Å². The van der Waals surface area contributed by atoms with E-state index in [1.54, 1.807) is 18.5 Å². The van der Waals surface area contributed by atoms with Gasteiger partial charge in [-0.15, -0.1) is 22.8 Å². The molecule has 94 valence electrons. The monoisotopic (exact) mass is 271 g/mol. The highest BCUT2D eigenvalue weighted by Gasteiger charge is 2.08. The van der Waals surface area contributed by atoms with Crippen molar-refractivity contribution < 1.29 is 4.39 Å².